The third-order valence-corrected chi connectivity index (χ3v) is 7.61. The summed E-state index contributed by atoms with van der Waals surface area (Å²) in [6, 6.07) is 14.3. The van der Waals surface area contributed by atoms with Crippen LogP contribution in [0.5, 0.6) is 0 Å². The van der Waals surface area contributed by atoms with E-state index in [1.807, 2.05) is 72.0 Å². The monoisotopic (exact) mass is 579 g/mol. The number of piperidine rings is 1. The van der Waals surface area contributed by atoms with Gasteiger partial charge in [0.15, 0.2) is 0 Å². The van der Waals surface area contributed by atoms with Crippen molar-refractivity contribution in [2.45, 2.75) is 66.0 Å². The lowest BCUT2D eigenvalue weighted by Crippen LogP contribution is -2.47. The van der Waals surface area contributed by atoms with Crippen LogP contribution in [-0.4, -0.2) is 60.4 Å². The van der Waals surface area contributed by atoms with Crippen molar-refractivity contribution in [3.05, 3.63) is 71.9 Å². The number of aromatic nitrogens is 5. The van der Waals surface area contributed by atoms with Crippen LogP contribution in [-0.2, 0) is 4.74 Å². The van der Waals surface area contributed by atoms with Crippen molar-refractivity contribution in [1.29, 1.82) is 0 Å². The normalized spacial score (nSPS) is 15.6. The van der Waals surface area contributed by atoms with Gasteiger partial charge in [0.05, 0.1) is 22.6 Å². The van der Waals surface area contributed by atoms with Crippen molar-refractivity contribution in [3.8, 4) is 28.2 Å². The number of rotatable bonds is 5. The number of hydrogen-bond acceptors (Lipinski definition) is 8. The molecule has 1 aliphatic heterocycles. The minimum Gasteiger partial charge on any atom is -0.444 e. The largest absolute Gasteiger partial charge is 0.444 e. The molecule has 1 aliphatic rings. The smallest absolute Gasteiger partial charge is 0.410 e. The Labute approximate surface area is 251 Å². The van der Waals surface area contributed by atoms with Gasteiger partial charge >= 0.3 is 6.09 Å². The molecule has 43 heavy (non-hydrogen) atoms. The fourth-order valence-electron chi connectivity index (χ4n) is 5.62. The summed E-state index contributed by atoms with van der Waals surface area (Å²) in [6.45, 7) is 12.7. The summed E-state index contributed by atoms with van der Waals surface area (Å²) in [6.07, 6.45) is 5.43. The molecule has 1 saturated heterocycles. The molecule has 10 heteroatoms. The molecule has 1 fully saturated rings. The van der Waals surface area contributed by atoms with Crippen molar-refractivity contribution in [3.63, 3.8) is 0 Å². The molecular weight excluding hydrogens is 542 g/mol. The Morgan fingerprint density at radius 3 is 2.58 bits per heavy atom. The standard InChI is InChI=1S/C33H37N7O3/c1-20-17-34-31(35-23-11-10-16-39(18-23)32(41)42-33(4,5)6)37-29(20)26-19-40(24-12-8-7-9-13-24)30-25(26)14-15-27(36-30)28-21(2)38-43-22(28)3/h7-9,12-15,17,19,23H,10-11,16,18H2,1-6H3,(H,34,35,37)/t23-/m0/s1. The lowest BCUT2D eigenvalue weighted by molar-refractivity contribution is 0.0206. The number of fused-ring (bicyclic) bond motifs is 1. The topological polar surface area (TPSA) is 111 Å². The Hall–Kier alpha value is -4.73. The highest BCUT2D eigenvalue weighted by atomic mass is 16.6. The Bertz CT molecular complexity index is 1770. The van der Waals surface area contributed by atoms with Crippen molar-refractivity contribution < 1.29 is 14.1 Å². The molecule has 0 radical (unpaired) electrons. The molecule has 6 rings (SSSR count). The maximum Gasteiger partial charge on any atom is 0.410 e. The number of para-hydroxylation sites is 1. The Kier molecular flexibility index (Phi) is 7.37. The zero-order valence-electron chi connectivity index (χ0n) is 25.5. The molecular formula is C33H37N7O3. The van der Waals surface area contributed by atoms with E-state index in [1.165, 1.54) is 0 Å². The summed E-state index contributed by atoms with van der Waals surface area (Å²) in [5.41, 5.74) is 6.52. The summed E-state index contributed by atoms with van der Waals surface area (Å²) in [5.74, 6) is 1.26. The zero-order chi connectivity index (χ0) is 30.3. The van der Waals surface area contributed by atoms with Gasteiger partial charge in [0.25, 0.3) is 0 Å². The van der Waals surface area contributed by atoms with Crippen LogP contribution in [0.3, 0.4) is 0 Å². The number of aryl methyl sites for hydroxylation is 3. The van der Waals surface area contributed by atoms with Gasteiger partial charge in [-0.15, -0.1) is 0 Å². The lowest BCUT2D eigenvalue weighted by Gasteiger charge is -2.34. The van der Waals surface area contributed by atoms with Crippen molar-refractivity contribution in [2.24, 2.45) is 0 Å². The molecule has 4 aromatic heterocycles. The first kappa shape index (κ1) is 28.4. The quantitative estimate of drug-likeness (QED) is 0.240. The molecule has 5 aromatic rings. The van der Waals surface area contributed by atoms with Crippen molar-refractivity contribution in [1.82, 2.24) is 29.6 Å². The molecule has 1 aromatic carbocycles. The van der Waals surface area contributed by atoms with Gasteiger partial charge in [0.1, 0.15) is 17.0 Å². The van der Waals surface area contributed by atoms with E-state index in [0.29, 0.717) is 19.0 Å². The third-order valence-electron chi connectivity index (χ3n) is 7.61. The molecule has 10 nitrogen and oxygen atoms in total. The van der Waals surface area contributed by atoms with Gasteiger partial charge < -0.3 is 24.0 Å². The Morgan fingerprint density at radius 1 is 1.07 bits per heavy atom. The second-order valence-corrected chi connectivity index (χ2v) is 12.2. The summed E-state index contributed by atoms with van der Waals surface area (Å²) in [4.78, 5) is 29.2. The van der Waals surface area contributed by atoms with Gasteiger partial charge in [0, 0.05) is 48.2 Å². The average Bonchev–Trinajstić information content (AvgIpc) is 3.52. The molecule has 0 bridgehead atoms. The summed E-state index contributed by atoms with van der Waals surface area (Å²) in [5, 5.41) is 8.58. The fourth-order valence-corrected chi connectivity index (χ4v) is 5.62. The van der Waals surface area contributed by atoms with Crippen LogP contribution in [0.15, 0.2) is 59.4 Å². The SMILES string of the molecule is Cc1cnc(N[C@H]2CCCN(C(=O)OC(C)(C)C)C2)nc1-c1cn(-c2ccccc2)c2nc(-c3c(C)noc3C)ccc12. The number of ether oxygens (including phenoxy) is 1. The highest BCUT2D eigenvalue weighted by Crippen LogP contribution is 2.35. The molecule has 1 atom stereocenters. The van der Waals surface area contributed by atoms with Crippen molar-refractivity contribution >= 4 is 23.1 Å². The molecule has 0 aliphatic carbocycles. The predicted octanol–water partition coefficient (Wildman–Crippen LogP) is 6.87. The average molecular weight is 580 g/mol. The Morgan fingerprint density at radius 2 is 1.86 bits per heavy atom. The number of anilines is 1. The number of nitrogens with one attached hydrogen (secondary N) is 1. The van der Waals surface area contributed by atoms with Crippen molar-refractivity contribution in [2.75, 3.05) is 18.4 Å². The molecule has 0 saturated carbocycles. The predicted molar refractivity (Wildman–Crippen MR) is 166 cm³/mol. The lowest BCUT2D eigenvalue weighted by atomic mass is 10.1. The fraction of sp³-hybridized carbons (Fsp3) is 0.364. The minimum absolute atomic E-state index is 0.0155. The molecule has 1 amide bonds. The minimum atomic E-state index is -0.534. The van der Waals surface area contributed by atoms with E-state index in [9.17, 15) is 4.79 Å². The molecule has 1 N–H and O–H groups in total. The van der Waals surface area contributed by atoms with Gasteiger partial charge in [0.2, 0.25) is 5.95 Å². The Balaban J connectivity index is 1.36. The number of carbonyl (C=O) groups is 1. The number of benzene rings is 1. The van der Waals surface area contributed by atoms with E-state index >= 15 is 0 Å². The van der Waals surface area contributed by atoms with Crippen LogP contribution in [0.1, 0.15) is 50.6 Å². The second-order valence-electron chi connectivity index (χ2n) is 12.2. The number of amides is 1. The van der Waals surface area contributed by atoms with Gasteiger partial charge in [-0.05, 0) is 84.2 Å². The molecule has 222 valence electrons. The number of nitrogens with zero attached hydrogens (tertiary/aromatic N) is 6. The first-order valence-corrected chi connectivity index (χ1v) is 14.7. The van der Waals surface area contributed by atoms with Crippen LogP contribution in [0.4, 0.5) is 10.7 Å². The van der Waals surface area contributed by atoms with E-state index in [2.05, 4.69) is 44.4 Å². The van der Waals surface area contributed by atoms with Gasteiger partial charge in [-0.1, -0.05) is 23.4 Å². The first-order valence-electron chi connectivity index (χ1n) is 14.7. The summed E-state index contributed by atoms with van der Waals surface area (Å²) in [7, 11) is 0. The van der Waals surface area contributed by atoms with Crippen LogP contribution in [0, 0.1) is 20.8 Å². The van der Waals surface area contributed by atoms with E-state index in [4.69, 9.17) is 19.2 Å². The maximum atomic E-state index is 12.7. The number of carbonyl (C=O) groups excluding carboxylic acids is 1. The molecule has 0 unspecified atom stereocenters. The number of hydrogen-bond donors (Lipinski definition) is 1. The van der Waals surface area contributed by atoms with E-state index < -0.39 is 5.60 Å². The summed E-state index contributed by atoms with van der Waals surface area (Å²) < 4.78 is 13.1. The zero-order valence-corrected chi connectivity index (χ0v) is 25.5. The third kappa shape index (κ3) is 5.82. The van der Waals surface area contributed by atoms with E-state index in [-0.39, 0.29) is 12.1 Å². The van der Waals surface area contributed by atoms with E-state index in [1.54, 1.807) is 4.90 Å². The number of pyridine rings is 1. The second kappa shape index (κ2) is 11.2. The molecule has 0 spiro atoms. The first-order chi connectivity index (χ1) is 20.6. The maximum absolute atomic E-state index is 12.7. The van der Waals surface area contributed by atoms with Crippen LogP contribution < -0.4 is 5.32 Å². The van der Waals surface area contributed by atoms with Gasteiger partial charge in [-0.25, -0.2) is 19.7 Å². The molecule has 5 heterocycles. The highest BCUT2D eigenvalue weighted by Gasteiger charge is 2.28. The van der Waals surface area contributed by atoms with Crippen LogP contribution in [0.2, 0.25) is 0 Å². The van der Waals surface area contributed by atoms with Gasteiger partial charge in [-0.2, -0.15) is 0 Å². The number of likely N-dealkylation sites (tertiary alicyclic amines) is 1. The van der Waals surface area contributed by atoms with Crippen LogP contribution in [0.25, 0.3) is 39.2 Å². The van der Waals surface area contributed by atoms with E-state index in [0.717, 1.165) is 69.1 Å². The highest BCUT2D eigenvalue weighted by molar-refractivity contribution is 5.96. The summed E-state index contributed by atoms with van der Waals surface area (Å²) >= 11 is 0. The van der Waals surface area contributed by atoms with Gasteiger partial charge in [-0.3, -0.25) is 0 Å². The van der Waals surface area contributed by atoms with Crippen LogP contribution >= 0.6 is 0 Å².